The van der Waals surface area contributed by atoms with Crippen LogP contribution in [0.25, 0.3) is 0 Å². The summed E-state index contributed by atoms with van der Waals surface area (Å²) in [6.07, 6.45) is 0. The molecule has 0 bridgehead atoms. The number of phenols is 1. The van der Waals surface area contributed by atoms with Crippen LogP contribution in [0.3, 0.4) is 0 Å². The zero-order chi connectivity index (χ0) is 14.9. The van der Waals surface area contributed by atoms with Crippen molar-refractivity contribution in [1.82, 2.24) is 0 Å². The van der Waals surface area contributed by atoms with Gasteiger partial charge in [0.2, 0.25) is 0 Å². The van der Waals surface area contributed by atoms with E-state index in [-0.39, 0.29) is 21.4 Å². The monoisotopic (exact) mass is 312 g/mol. The van der Waals surface area contributed by atoms with Gasteiger partial charge in [-0.25, -0.2) is 8.42 Å². The minimum atomic E-state index is -3.87. The smallest absolute Gasteiger partial charge is 0.263 e. The maximum Gasteiger partial charge on any atom is 0.263 e. The molecule has 0 spiro atoms. The summed E-state index contributed by atoms with van der Waals surface area (Å²) in [5.74, 6) is -0.0419. The van der Waals surface area contributed by atoms with E-state index >= 15 is 0 Å². The van der Waals surface area contributed by atoms with Crippen molar-refractivity contribution in [3.05, 3.63) is 47.0 Å². The number of aryl methyl sites for hydroxylation is 1. The molecule has 7 heteroatoms. The number of phenolic OH excluding ortho intramolecular Hbond substituents is 1. The number of hydrogen-bond acceptors (Lipinski definition) is 4. The van der Waals surface area contributed by atoms with Crippen LogP contribution in [-0.2, 0) is 10.0 Å². The SMILES string of the molecule is Cc1cc(Cl)c(S(=O)(=O)Nc2cccc(O)c2)cc1N. The molecule has 0 saturated carbocycles. The lowest BCUT2D eigenvalue weighted by atomic mass is 10.2. The molecule has 0 aliphatic rings. The molecule has 0 aromatic heterocycles. The van der Waals surface area contributed by atoms with Crippen molar-refractivity contribution in [3.63, 3.8) is 0 Å². The molecule has 0 amide bonds. The van der Waals surface area contributed by atoms with Crippen LogP contribution in [0.1, 0.15) is 5.56 Å². The quantitative estimate of drug-likeness (QED) is 0.760. The minimum absolute atomic E-state index is 0.0419. The van der Waals surface area contributed by atoms with E-state index in [0.29, 0.717) is 11.3 Å². The summed E-state index contributed by atoms with van der Waals surface area (Å²) in [5, 5.41) is 9.42. The van der Waals surface area contributed by atoms with Crippen molar-refractivity contribution in [2.75, 3.05) is 10.5 Å². The van der Waals surface area contributed by atoms with Gasteiger partial charge in [0.15, 0.2) is 0 Å². The molecule has 2 aromatic carbocycles. The number of nitrogens with one attached hydrogen (secondary N) is 1. The second kappa shape index (κ2) is 5.22. The van der Waals surface area contributed by atoms with Crippen molar-refractivity contribution in [2.45, 2.75) is 11.8 Å². The van der Waals surface area contributed by atoms with Gasteiger partial charge in [-0.3, -0.25) is 4.72 Å². The van der Waals surface area contributed by atoms with Gasteiger partial charge in [-0.1, -0.05) is 17.7 Å². The van der Waals surface area contributed by atoms with Crippen LogP contribution in [0, 0.1) is 6.92 Å². The summed E-state index contributed by atoms with van der Waals surface area (Å²) in [5.41, 5.74) is 6.99. The molecule has 5 nitrogen and oxygen atoms in total. The van der Waals surface area contributed by atoms with E-state index < -0.39 is 10.0 Å². The Kier molecular flexibility index (Phi) is 3.78. The standard InChI is InChI=1S/C13H13ClN2O3S/c1-8-5-11(14)13(7-12(8)15)20(18,19)16-9-3-2-4-10(17)6-9/h2-7,16-17H,15H2,1H3. The van der Waals surface area contributed by atoms with E-state index in [1.807, 2.05) is 0 Å². The molecule has 4 N–H and O–H groups in total. The van der Waals surface area contributed by atoms with Crippen LogP contribution in [0.2, 0.25) is 5.02 Å². The summed E-state index contributed by atoms with van der Waals surface area (Å²) < 4.78 is 26.9. The Balaban J connectivity index is 2.43. The fraction of sp³-hybridized carbons (Fsp3) is 0.0769. The fourth-order valence-electron chi connectivity index (χ4n) is 1.65. The molecular formula is C13H13ClN2O3S. The van der Waals surface area contributed by atoms with Crippen molar-refractivity contribution in [3.8, 4) is 5.75 Å². The number of hydrogen-bond donors (Lipinski definition) is 3. The number of sulfonamides is 1. The summed E-state index contributed by atoms with van der Waals surface area (Å²) in [7, 11) is -3.87. The van der Waals surface area contributed by atoms with Gasteiger partial charge >= 0.3 is 0 Å². The maximum atomic E-state index is 12.3. The summed E-state index contributed by atoms with van der Waals surface area (Å²) in [4.78, 5) is -0.106. The van der Waals surface area contributed by atoms with Gasteiger partial charge in [0.1, 0.15) is 10.6 Å². The number of nitrogens with two attached hydrogens (primary N) is 1. The van der Waals surface area contributed by atoms with Crippen molar-refractivity contribution in [2.24, 2.45) is 0 Å². The lowest BCUT2D eigenvalue weighted by Gasteiger charge is -2.11. The zero-order valence-electron chi connectivity index (χ0n) is 10.6. The number of benzene rings is 2. The molecule has 20 heavy (non-hydrogen) atoms. The third-order valence-electron chi connectivity index (χ3n) is 2.71. The first-order chi connectivity index (χ1) is 9.29. The van der Waals surface area contributed by atoms with Gasteiger partial charge in [-0.15, -0.1) is 0 Å². The van der Waals surface area contributed by atoms with Crippen LogP contribution < -0.4 is 10.5 Å². The second-order valence-electron chi connectivity index (χ2n) is 4.30. The molecule has 0 radical (unpaired) electrons. The van der Waals surface area contributed by atoms with Crippen LogP contribution >= 0.6 is 11.6 Å². The Morgan fingerprint density at radius 2 is 1.95 bits per heavy atom. The number of nitrogen functional groups attached to an aromatic ring is 1. The highest BCUT2D eigenvalue weighted by molar-refractivity contribution is 7.92. The van der Waals surface area contributed by atoms with Crippen molar-refractivity contribution < 1.29 is 13.5 Å². The Morgan fingerprint density at radius 1 is 1.25 bits per heavy atom. The number of rotatable bonds is 3. The molecule has 0 heterocycles. The molecule has 0 saturated heterocycles. The molecule has 0 aliphatic heterocycles. The van der Waals surface area contributed by atoms with Gasteiger partial charge in [0.05, 0.1) is 10.7 Å². The average Bonchev–Trinajstić information content (AvgIpc) is 2.33. The van der Waals surface area contributed by atoms with Gasteiger partial charge < -0.3 is 10.8 Å². The van der Waals surface area contributed by atoms with Crippen LogP contribution in [-0.4, -0.2) is 13.5 Å². The molecule has 2 rings (SSSR count). The Bertz CT molecular complexity index is 760. The highest BCUT2D eigenvalue weighted by atomic mass is 35.5. The lowest BCUT2D eigenvalue weighted by molar-refractivity contribution is 0.475. The van der Waals surface area contributed by atoms with Crippen LogP contribution in [0.4, 0.5) is 11.4 Å². The predicted molar refractivity (Wildman–Crippen MR) is 79.5 cm³/mol. The van der Waals surface area contributed by atoms with Gasteiger partial charge in [-0.2, -0.15) is 0 Å². The average molecular weight is 313 g/mol. The highest BCUT2D eigenvalue weighted by Crippen LogP contribution is 2.28. The molecule has 0 aliphatic carbocycles. The Morgan fingerprint density at radius 3 is 2.60 bits per heavy atom. The fourth-order valence-corrected chi connectivity index (χ4v) is 3.32. The first-order valence-corrected chi connectivity index (χ1v) is 7.53. The first-order valence-electron chi connectivity index (χ1n) is 5.67. The highest BCUT2D eigenvalue weighted by Gasteiger charge is 2.19. The topological polar surface area (TPSA) is 92.4 Å². The van der Waals surface area contributed by atoms with Crippen LogP contribution in [0.5, 0.6) is 5.75 Å². The normalized spacial score (nSPS) is 11.3. The third-order valence-corrected chi connectivity index (χ3v) is 4.55. The first kappa shape index (κ1) is 14.5. The number of halogens is 1. The van der Waals surface area contributed by atoms with E-state index in [0.717, 1.165) is 0 Å². The lowest BCUT2D eigenvalue weighted by Crippen LogP contribution is -2.14. The predicted octanol–water partition coefficient (Wildman–Crippen LogP) is 2.74. The number of aromatic hydroxyl groups is 1. The van der Waals surface area contributed by atoms with Gasteiger partial charge in [-0.05, 0) is 36.8 Å². The Labute approximate surface area is 122 Å². The summed E-state index contributed by atoms with van der Waals surface area (Å²) >= 11 is 5.96. The van der Waals surface area contributed by atoms with Crippen molar-refractivity contribution in [1.29, 1.82) is 0 Å². The van der Waals surface area contributed by atoms with Gasteiger partial charge in [0.25, 0.3) is 10.0 Å². The van der Waals surface area contributed by atoms with E-state index in [9.17, 15) is 13.5 Å². The molecule has 0 atom stereocenters. The zero-order valence-corrected chi connectivity index (χ0v) is 12.2. The molecular weight excluding hydrogens is 300 g/mol. The van der Waals surface area contributed by atoms with Crippen molar-refractivity contribution >= 4 is 33.0 Å². The second-order valence-corrected chi connectivity index (χ2v) is 6.35. The maximum absolute atomic E-state index is 12.3. The molecule has 0 unspecified atom stereocenters. The molecule has 0 fully saturated rings. The van der Waals surface area contributed by atoms with E-state index in [4.69, 9.17) is 17.3 Å². The Hall–Kier alpha value is -1.92. The van der Waals surface area contributed by atoms with E-state index in [1.54, 1.807) is 6.92 Å². The van der Waals surface area contributed by atoms with Gasteiger partial charge in [0, 0.05) is 11.8 Å². The van der Waals surface area contributed by atoms with E-state index in [2.05, 4.69) is 4.72 Å². The minimum Gasteiger partial charge on any atom is -0.508 e. The number of anilines is 2. The largest absolute Gasteiger partial charge is 0.508 e. The third kappa shape index (κ3) is 2.97. The molecule has 106 valence electrons. The summed E-state index contributed by atoms with van der Waals surface area (Å²) in [6.45, 7) is 1.74. The van der Waals surface area contributed by atoms with Crippen LogP contribution in [0.15, 0.2) is 41.3 Å². The molecule has 2 aromatic rings. The van der Waals surface area contributed by atoms with E-state index in [1.165, 1.54) is 36.4 Å². The summed E-state index contributed by atoms with van der Waals surface area (Å²) in [6, 6.07) is 8.58.